The van der Waals surface area contributed by atoms with E-state index in [2.05, 4.69) is 12.6 Å². The van der Waals surface area contributed by atoms with E-state index in [-0.39, 0.29) is 29.6 Å². The van der Waals surface area contributed by atoms with Crippen LogP contribution in [0.3, 0.4) is 0 Å². The smallest absolute Gasteiger partial charge is 0.156 e. The first-order valence-corrected chi connectivity index (χ1v) is 2.07. The fraction of sp³-hybridized carbons (Fsp3) is 0. The molecule has 0 aromatic carbocycles. The molecule has 33 valence electrons. The maximum Gasteiger partial charge on any atom is 0.156 e. The molecule has 1 heterocycles. The van der Waals surface area contributed by atoms with Crippen LogP contribution in [0.4, 0.5) is 0 Å². The third-order valence-corrected chi connectivity index (χ3v) is 0.761. The van der Waals surface area contributed by atoms with E-state index in [1.807, 2.05) is 0 Å². The minimum absolute atomic E-state index is 0. The van der Waals surface area contributed by atoms with Crippen LogP contribution in [-0.4, -0.2) is 29.6 Å². The Balaban J connectivity index is 0.000000360. The van der Waals surface area contributed by atoms with Crippen LogP contribution in [0.25, 0.3) is 0 Å². The largest absolute Gasteiger partial charge is 0.458 e. The Morgan fingerprint density at radius 2 is 2.29 bits per heavy atom. The van der Waals surface area contributed by atoms with Gasteiger partial charge >= 0.3 is 0 Å². The molecule has 1 rings (SSSR count). The predicted molar refractivity (Wildman–Crippen MR) is 31.7 cm³/mol. The number of thiol groups is 1. The van der Waals surface area contributed by atoms with Crippen molar-refractivity contribution in [1.82, 2.24) is 0 Å². The average Bonchev–Trinajstić information content (AvgIpc) is 1.86. The van der Waals surface area contributed by atoms with E-state index in [1.54, 1.807) is 18.4 Å². The molecule has 1 radical (unpaired) electrons. The zero-order chi connectivity index (χ0) is 4.41. The summed E-state index contributed by atoms with van der Waals surface area (Å²) in [6, 6.07) is 3.57. The zero-order valence-corrected chi connectivity index (χ0v) is 6.98. The van der Waals surface area contributed by atoms with E-state index >= 15 is 0 Å². The quantitative estimate of drug-likeness (QED) is 0.404. The van der Waals surface area contributed by atoms with Crippen molar-refractivity contribution >= 4 is 42.2 Å². The molecule has 0 spiro atoms. The van der Waals surface area contributed by atoms with Gasteiger partial charge in [-0.2, -0.15) is 0 Å². The number of hydrogen-bond donors (Lipinski definition) is 1. The molecule has 0 N–H and O–H groups in total. The summed E-state index contributed by atoms with van der Waals surface area (Å²) >= 11 is 3.87. The van der Waals surface area contributed by atoms with Crippen LogP contribution >= 0.6 is 12.6 Å². The molecule has 0 saturated heterocycles. The molecule has 0 atom stereocenters. The standard InChI is InChI=1S/C4H4OS.Na/c6-4-2-1-3-5-4;/h1-3,6H;. The van der Waals surface area contributed by atoms with Gasteiger partial charge in [0.1, 0.15) is 0 Å². The van der Waals surface area contributed by atoms with Crippen LogP contribution < -0.4 is 0 Å². The van der Waals surface area contributed by atoms with Gasteiger partial charge in [0.25, 0.3) is 0 Å². The molecular formula is C4H4NaOS. The first kappa shape index (κ1) is 7.63. The summed E-state index contributed by atoms with van der Waals surface area (Å²) in [6.45, 7) is 0. The molecule has 0 fully saturated rings. The maximum atomic E-state index is 4.70. The minimum Gasteiger partial charge on any atom is -0.458 e. The van der Waals surface area contributed by atoms with Gasteiger partial charge in [-0.15, -0.1) is 12.6 Å². The Morgan fingerprint density at radius 1 is 1.57 bits per heavy atom. The van der Waals surface area contributed by atoms with Gasteiger partial charge in [-0.1, -0.05) is 0 Å². The summed E-state index contributed by atoms with van der Waals surface area (Å²) in [5, 5.41) is 0.662. The van der Waals surface area contributed by atoms with Crippen molar-refractivity contribution in [2.45, 2.75) is 5.09 Å². The number of hydrogen-bond acceptors (Lipinski definition) is 2. The fourth-order valence-electron chi connectivity index (χ4n) is 0.270. The van der Waals surface area contributed by atoms with Crippen LogP contribution in [0.1, 0.15) is 0 Å². The fourth-order valence-corrected chi connectivity index (χ4v) is 0.417. The summed E-state index contributed by atoms with van der Waals surface area (Å²) in [7, 11) is 0. The summed E-state index contributed by atoms with van der Waals surface area (Å²) in [6.07, 6.45) is 1.59. The van der Waals surface area contributed by atoms with Crippen LogP contribution in [0.15, 0.2) is 27.9 Å². The summed E-state index contributed by atoms with van der Waals surface area (Å²) in [5.74, 6) is 0. The molecule has 0 bridgehead atoms. The number of rotatable bonds is 0. The SMILES string of the molecule is Sc1ccco1.[Na]. The molecule has 1 aromatic heterocycles. The monoisotopic (exact) mass is 123 g/mol. The van der Waals surface area contributed by atoms with Gasteiger partial charge in [0, 0.05) is 29.6 Å². The van der Waals surface area contributed by atoms with Crippen molar-refractivity contribution in [1.29, 1.82) is 0 Å². The molecule has 0 aliphatic carbocycles. The summed E-state index contributed by atoms with van der Waals surface area (Å²) in [5.41, 5.74) is 0. The van der Waals surface area contributed by atoms with Gasteiger partial charge in [0.15, 0.2) is 5.09 Å². The van der Waals surface area contributed by atoms with Crippen LogP contribution in [0, 0.1) is 0 Å². The molecule has 1 nitrogen and oxygen atoms in total. The Labute approximate surface area is 69.8 Å². The number of furan rings is 1. The molecule has 1 aromatic rings. The van der Waals surface area contributed by atoms with Gasteiger partial charge in [-0.05, 0) is 12.1 Å². The van der Waals surface area contributed by atoms with Crippen molar-refractivity contribution in [2.24, 2.45) is 0 Å². The van der Waals surface area contributed by atoms with Crippen LogP contribution in [-0.2, 0) is 0 Å². The van der Waals surface area contributed by atoms with E-state index in [0.717, 1.165) is 0 Å². The maximum absolute atomic E-state index is 4.70. The molecule has 7 heavy (non-hydrogen) atoms. The second-order valence-corrected chi connectivity index (χ2v) is 1.39. The summed E-state index contributed by atoms with van der Waals surface area (Å²) < 4.78 is 4.70. The molecule has 0 aliphatic heterocycles. The zero-order valence-electron chi connectivity index (χ0n) is 4.09. The van der Waals surface area contributed by atoms with E-state index in [9.17, 15) is 0 Å². The molecule has 0 aliphatic rings. The van der Waals surface area contributed by atoms with Gasteiger partial charge in [0.05, 0.1) is 6.26 Å². The Morgan fingerprint density at radius 3 is 2.43 bits per heavy atom. The van der Waals surface area contributed by atoms with E-state index in [1.165, 1.54) is 0 Å². The topological polar surface area (TPSA) is 13.1 Å². The van der Waals surface area contributed by atoms with Crippen molar-refractivity contribution in [3.63, 3.8) is 0 Å². The van der Waals surface area contributed by atoms with E-state index in [4.69, 9.17) is 4.42 Å². The Bertz CT molecular complexity index is 115. The van der Waals surface area contributed by atoms with Gasteiger partial charge in [-0.25, -0.2) is 0 Å². The average molecular weight is 123 g/mol. The van der Waals surface area contributed by atoms with Gasteiger partial charge in [-0.3, -0.25) is 0 Å². The first-order valence-electron chi connectivity index (χ1n) is 1.62. The van der Waals surface area contributed by atoms with E-state index in [0.29, 0.717) is 5.09 Å². The van der Waals surface area contributed by atoms with Crippen LogP contribution in [0.5, 0.6) is 0 Å². The predicted octanol–water partition coefficient (Wildman–Crippen LogP) is 1.19. The van der Waals surface area contributed by atoms with Gasteiger partial charge < -0.3 is 4.42 Å². The molecule has 3 heteroatoms. The second kappa shape index (κ2) is 3.61. The molecule has 0 amide bonds. The molecule has 0 unspecified atom stereocenters. The van der Waals surface area contributed by atoms with Crippen LogP contribution in [0.2, 0.25) is 0 Å². The van der Waals surface area contributed by atoms with Crippen molar-refractivity contribution < 1.29 is 4.42 Å². The first-order chi connectivity index (χ1) is 2.89. The van der Waals surface area contributed by atoms with Crippen molar-refractivity contribution in [3.8, 4) is 0 Å². The minimum atomic E-state index is 0. The Kier molecular flexibility index (Phi) is 3.93. The molecule has 0 saturated carbocycles. The van der Waals surface area contributed by atoms with Crippen molar-refractivity contribution in [2.75, 3.05) is 0 Å². The Hall–Kier alpha value is 0.630. The second-order valence-electron chi connectivity index (χ2n) is 0.951. The van der Waals surface area contributed by atoms with E-state index < -0.39 is 0 Å². The van der Waals surface area contributed by atoms with Crippen molar-refractivity contribution in [3.05, 3.63) is 18.4 Å². The summed E-state index contributed by atoms with van der Waals surface area (Å²) in [4.78, 5) is 0. The third-order valence-electron chi connectivity index (χ3n) is 0.506. The third kappa shape index (κ3) is 2.44. The molecular weight excluding hydrogens is 119 g/mol. The normalized spacial score (nSPS) is 7.57. The van der Waals surface area contributed by atoms with Gasteiger partial charge in [0.2, 0.25) is 0 Å².